The maximum atomic E-state index is 11.1. The van der Waals surface area contributed by atoms with Gasteiger partial charge in [0.15, 0.2) is 5.76 Å². The summed E-state index contributed by atoms with van der Waals surface area (Å²) in [5, 5.41) is 11.9. The zero-order valence-corrected chi connectivity index (χ0v) is 17.5. The van der Waals surface area contributed by atoms with Gasteiger partial charge >= 0.3 is 5.09 Å². The number of aromatic nitrogens is 3. The monoisotopic (exact) mass is 472 g/mol. The number of imidazole rings is 1. The summed E-state index contributed by atoms with van der Waals surface area (Å²) in [6, 6.07) is 8.06. The third-order valence-electron chi connectivity index (χ3n) is 3.38. The molecule has 0 N–H and O–H groups in total. The summed E-state index contributed by atoms with van der Waals surface area (Å²) < 4.78 is 7.13. The van der Waals surface area contributed by atoms with Crippen molar-refractivity contribution in [3.63, 3.8) is 0 Å². The van der Waals surface area contributed by atoms with E-state index in [9.17, 15) is 10.1 Å². The summed E-state index contributed by atoms with van der Waals surface area (Å²) in [6.07, 6.45) is 5.75. The van der Waals surface area contributed by atoms with E-state index in [0.717, 1.165) is 0 Å². The van der Waals surface area contributed by atoms with Crippen molar-refractivity contribution in [2.45, 2.75) is 5.03 Å². The van der Waals surface area contributed by atoms with Crippen molar-refractivity contribution in [3.05, 3.63) is 86.0 Å². The predicted molar refractivity (Wildman–Crippen MR) is 111 cm³/mol. The third-order valence-corrected chi connectivity index (χ3v) is 4.92. The molecule has 0 amide bonds. The molecule has 0 unspecified atom stereocenters. The highest BCUT2D eigenvalue weighted by Gasteiger charge is 2.20. The van der Waals surface area contributed by atoms with Crippen LogP contribution >= 0.6 is 46.6 Å². The van der Waals surface area contributed by atoms with Crippen LogP contribution in [0.15, 0.2) is 60.3 Å². The average molecular weight is 474 g/mol. The number of pyridine rings is 1. The lowest BCUT2D eigenvalue weighted by Gasteiger charge is -2.16. The molecule has 0 aliphatic carbocycles. The highest BCUT2D eigenvalue weighted by molar-refractivity contribution is 7.99. The van der Waals surface area contributed by atoms with Crippen molar-refractivity contribution in [1.29, 1.82) is 0 Å². The molecule has 0 spiro atoms. The number of nitrogens with zero attached hydrogens (tertiary/aromatic N) is 4. The normalized spacial score (nSPS) is 11.7. The first-order chi connectivity index (χ1) is 13.9. The number of ether oxygens (including phenoxy) is 1. The Morgan fingerprint density at radius 3 is 2.62 bits per heavy atom. The van der Waals surface area contributed by atoms with Gasteiger partial charge in [-0.15, -0.1) is 10.1 Å². The zero-order valence-electron chi connectivity index (χ0n) is 14.4. The first kappa shape index (κ1) is 21.3. The Morgan fingerprint density at radius 1 is 1.21 bits per heavy atom. The van der Waals surface area contributed by atoms with Crippen LogP contribution in [-0.2, 0) is 9.57 Å². The van der Waals surface area contributed by atoms with E-state index < -0.39 is 5.09 Å². The smallest absolute Gasteiger partial charge is 0.301 e. The summed E-state index contributed by atoms with van der Waals surface area (Å²) in [5.74, 6) is -0.133. The van der Waals surface area contributed by atoms with Gasteiger partial charge in [0.1, 0.15) is 12.3 Å². The van der Waals surface area contributed by atoms with Crippen molar-refractivity contribution in [1.82, 2.24) is 14.5 Å². The van der Waals surface area contributed by atoms with E-state index in [-0.39, 0.29) is 22.6 Å². The summed E-state index contributed by atoms with van der Waals surface area (Å²) in [5.41, 5.74) is 0.353. The van der Waals surface area contributed by atoms with Gasteiger partial charge in [-0.2, -0.15) is 0 Å². The predicted octanol–water partition coefficient (Wildman–Crippen LogP) is 5.50. The first-order valence-electron chi connectivity index (χ1n) is 7.81. The van der Waals surface area contributed by atoms with Crippen LogP contribution in [0.25, 0.3) is 11.6 Å². The average Bonchev–Trinajstić information content (AvgIpc) is 3.20. The van der Waals surface area contributed by atoms with Crippen molar-refractivity contribution in [2.24, 2.45) is 0 Å². The van der Waals surface area contributed by atoms with Crippen LogP contribution in [0.4, 0.5) is 0 Å². The van der Waals surface area contributed by atoms with Gasteiger partial charge < -0.3 is 4.74 Å². The fourth-order valence-corrected chi connectivity index (χ4v) is 3.38. The van der Waals surface area contributed by atoms with Gasteiger partial charge in [-0.25, -0.2) is 9.97 Å². The van der Waals surface area contributed by atoms with Gasteiger partial charge in [0, 0.05) is 29.2 Å². The highest BCUT2D eigenvalue weighted by Crippen LogP contribution is 2.33. The Hall–Kier alpha value is -2.46. The van der Waals surface area contributed by atoms with Crippen molar-refractivity contribution >= 4 is 58.2 Å². The quantitative estimate of drug-likeness (QED) is 0.140. The Labute approximate surface area is 184 Å². The first-order valence-corrected chi connectivity index (χ1v) is 9.93. The Morgan fingerprint density at radius 2 is 2.00 bits per heavy atom. The number of thioether (sulfide) groups is 1. The largest absolute Gasteiger partial charge is 0.478 e. The summed E-state index contributed by atoms with van der Waals surface area (Å²) in [4.78, 5) is 23.9. The van der Waals surface area contributed by atoms with Crippen LogP contribution in [-0.4, -0.2) is 25.6 Å². The van der Waals surface area contributed by atoms with Crippen LogP contribution in [0.3, 0.4) is 0 Å². The molecule has 0 atom stereocenters. The molecule has 29 heavy (non-hydrogen) atoms. The van der Waals surface area contributed by atoms with E-state index >= 15 is 0 Å². The van der Waals surface area contributed by atoms with Crippen LogP contribution < -0.4 is 0 Å². The molecule has 8 nitrogen and oxygen atoms in total. The van der Waals surface area contributed by atoms with Crippen molar-refractivity contribution in [2.75, 3.05) is 5.94 Å². The standard InChI is InChI=1S/C17H11Cl3N4O4S/c18-11-1-3-13(14(20)7-11)16(17(28-24(25)26)23-6-5-21-9-23)27-10-29-15-4-2-12(19)8-22-15/h1-9H,10H2/b17-16+. The van der Waals surface area contributed by atoms with Crippen LogP contribution in [0.5, 0.6) is 0 Å². The molecule has 2 heterocycles. The third kappa shape index (κ3) is 5.77. The number of benzene rings is 1. The summed E-state index contributed by atoms with van der Waals surface area (Å²) in [6.45, 7) is 0. The minimum Gasteiger partial charge on any atom is -0.478 e. The molecule has 3 aromatic rings. The second-order valence-electron chi connectivity index (χ2n) is 5.26. The van der Waals surface area contributed by atoms with Crippen LogP contribution in [0.2, 0.25) is 15.1 Å². The molecule has 0 saturated heterocycles. The van der Waals surface area contributed by atoms with Crippen molar-refractivity contribution in [3.8, 4) is 0 Å². The molecule has 0 aliphatic heterocycles. The zero-order chi connectivity index (χ0) is 20.8. The molecule has 12 heteroatoms. The van der Waals surface area contributed by atoms with Gasteiger partial charge in [0.05, 0.1) is 15.1 Å². The van der Waals surface area contributed by atoms with Crippen molar-refractivity contribution < 1.29 is 14.7 Å². The molecular formula is C17H11Cl3N4O4S. The van der Waals surface area contributed by atoms with Gasteiger partial charge in [0.25, 0.3) is 0 Å². The molecule has 1 aromatic carbocycles. The van der Waals surface area contributed by atoms with Crippen LogP contribution in [0.1, 0.15) is 5.56 Å². The topological polar surface area (TPSA) is 92.3 Å². The second-order valence-corrected chi connectivity index (χ2v) is 7.49. The maximum Gasteiger partial charge on any atom is 0.301 e. The maximum absolute atomic E-state index is 11.1. The van der Waals surface area contributed by atoms with Gasteiger partial charge in [-0.3, -0.25) is 9.40 Å². The molecule has 0 radical (unpaired) electrons. The number of halogens is 3. The molecule has 2 aromatic heterocycles. The molecular weight excluding hydrogens is 463 g/mol. The Balaban J connectivity index is 1.97. The van der Waals surface area contributed by atoms with E-state index in [1.54, 1.807) is 24.3 Å². The molecule has 0 aliphatic rings. The van der Waals surface area contributed by atoms with Gasteiger partial charge in [-0.05, 0) is 30.3 Å². The number of hydrogen-bond donors (Lipinski definition) is 0. The molecule has 0 bridgehead atoms. The summed E-state index contributed by atoms with van der Waals surface area (Å²) in [7, 11) is 0. The molecule has 3 rings (SSSR count). The lowest BCUT2D eigenvalue weighted by molar-refractivity contribution is -0.731. The number of hydrogen-bond acceptors (Lipinski definition) is 7. The summed E-state index contributed by atoms with van der Waals surface area (Å²) >= 11 is 19.3. The highest BCUT2D eigenvalue weighted by atomic mass is 35.5. The Kier molecular flexibility index (Phi) is 7.21. The van der Waals surface area contributed by atoms with E-state index in [4.69, 9.17) is 44.4 Å². The van der Waals surface area contributed by atoms with E-state index in [0.29, 0.717) is 20.6 Å². The number of rotatable bonds is 8. The fraction of sp³-hybridized carbons (Fsp3) is 0.0588. The van der Waals surface area contributed by atoms with Gasteiger partial charge in [0.2, 0.25) is 5.88 Å². The second kappa shape index (κ2) is 9.84. The van der Waals surface area contributed by atoms with E-state index in [1.807, 2.05) is 0 Å². The lowest BCUT2D eigenvalue weighted by Crippen LogP contribution is -2.10. The molecule has 0 fully saturated rings. The van der Waals surface area contributed by atoms with Gasteiger partial charge in [-0.1, -0.05) is 46.6 Å². The minimum absolute atomic E-state index is 0.0304. The molecule has 150 valence electrons. The minimum atomic E-state index is -0.948. The van der Waals surface area contributed by atoms with E-state index in [2.05, 4.69) is 9.97 Å². The lowest BCUT2D eigenvalue weighted by atomic mass is 10.2. The SMILES string of the molecule is O=[N+]([O-])O/C(=C(/OCSc1ccc(Cl)cn1)c1ccc(Cl)cc1Cl)n1ccnc1. The molecule has 0 saturated carbocycles. The van der Waals surface area contributed by atoms with E-state index in [1.165, 1.54) is 47.3 Å². The van der Waals surface area contributed by atoms with Crippen LogP contribution in [0, 0.1) is 10.1 Å². The Bertz CT molecular complexity index is 1030. The fourth-order valence-electron chi connectivity index (χ4n) is 2.18.